The Morgan fingerprint density at radius 2 is 2.26 bits per heavy atom. The Balaban J connectivity index is 1.80. The summed E-state index contributed by atoms with van der Waals surface area (Å²) < 4.78 is 10.8. The van der Waals surface area contributed by atoms with Crippen LogP contribution in [0.15, 0.2) is 35.0 Å². The van der Waals surface area contributed by atoms with E-state index in [1.165, 1.54) is 0 Å². The van der Waals surface area contributed by atoms with Crippen LogP contribution < -0.4 is 4.74 Å². The lowest BCUT2D eigenvalue weighted by atomic mass is 10.1. The van der Waals surface area contributed by atoms with Gasteiger partial charge >= 0.3 is 5.97 Å². The molecule has 0 radical (unpaired) electrons. The van der Waals surface area contributed by atoms with Crippen molar-refractivity contribution < 1.29 is 19.2 Å². The Hall–Kier alpha value is -2.67. The van der Waals surface area contributed by atoms with Crippen LogP contribution in [0.4, 0.5) is 0 Å². The van der Waals surface area contributed by atoms with E-state index in [-0.39, 0.29) is 19.4 Å². The van der Waals surface area contributed by atoms with Gasteiger partial charge in [-0.25, -0.2) is 0 Å². The van der Waals surface area contributed by atoms with E-state index in [9.17, 15) is 4.79 Å². The molecule has 0 saturated heterocycles. The van der Waals surface area contributed by atoms with Gasteiger partial charge in [-0.1, -0.05) is 16.8 Å². The minimum atomic E-state index is -0.892. The predicted octanol–water partition coefficient (Wildman–Crippen LogP) is 2.87. The SMILES string of the molecule is O=C(O)CCc1noc2cc(OCc3cccnn3)c(Cl)cc12. The van der Waals surface area contributed by atoms with Gasteiger partial charge in [0.25, 0.3) is 0 Å². The van der Waals surface area contributed by atoms with E-state index < -0.39 is 5.97 Å². The third-order valence-electron chi connectivity index (χ3n) is 3.18. The largest absolute Gasteiger partial charge is 0.486 e. The number of carbonyl (C=O) groups is 1. The maximum atomic E-state index is 10.7. The molecule has 0 fully saturated rings. The van der Waals surface area contributed by atoms with E-state index in [0.29, 0.717) is 33.1 Å². The first-order valence-electron chi connectivity index (χ1n) is 6.82. The minimum absolute atomic E-state index is 0.0236. The number of hydrogen-bond donors (Lipinski definition) is 1. The summed E-state index contributed by atoms with van der Waals surface area (Å²) in [5.74, 6) is -0.457. The second-order valence-corrected chi connectivity index (χ2v) is 5.21. The number of rotatable bonds is 6. The molecule has 1 N–H and O–H groups in total. The number of fused-ring (bicyclic) bond motifs is 1. The van der Waals surface area contributed by atoms with E-state index >= 15 is 0 Å². The summed E-state index contributed by atoms with van der Waals surface area (Å²) >= 11 is 6.21. The molecule has 3 aromatic rings. The summed E-state index contributed by atoms with van der Waals surface area (Å²) in [6, 6.07) is 6.85. The highest BCUT2D eigenvalue weighted by Crippen LogP contribution is 2.32. The normalized spacial score (nSPS) is 10.8. The molecule has 0 saturated carbocycles. The fourth-order valence-electron chi connectivity index (χ4n) is 2.07. The number of carboxylic acids is 1. The number of nitrogens with zero attached hydrogens (tertiary/aromatic N) is 3. The molecule has 0 atom stereocenters. The van der Waals surface area contributed by atoms with Crippen molar-refractivity contribution in [1.29, 1.82) is 0 Å². The van der Waals surface area contributed by atoms with Crippen molar-refractivity contribution in [3.63, 3.8) is 0 Å². The van der Waals surface area contributed by atoms with Crippen molar-refractivity contribution in [2.24, 2.45) is 0 Å². The van der Waals surface area contributed by atoms with Gasteiger partial charge < -0.3 is 14.4 Å². The first-order valence-corrected chi connectivity index (χ1v) is 7.20. The summed E-state index contributed by atoms with van der Waals surface area (Å²) in [5.41, 5.74) is 1.72. The molecule has 118 valence electrons. The molecule has 0 bridgehead atoms. The third-order valence-corrected chi connectivity index (χ3v) is 3.47. The van der Waals surface area contributed by atoms with E-state index in [1.54, 1.807) is 30.5 Å². The van der Waals surface area contributed by atoms with E-state index in [4.69, 9.17) is 26.0 Å². The molecule has 0 aliphatic rings. The Labute approximate surface area is 135 Å². The minimum Gasteiger partial charge on any atom is -0.486 e. The highest BCUT2D eigenvalue weighted by atomic mass is 35.5. The second kappa shape index (κ2) is 6.62. The van der Waals surface area contributed by atoms with Crippen LogP contribution in [0.2, 0.25) is 5.02 Å². The van der Waals surface area contributed by atoms with Gasteiger partial charge in [-0.15, -0.1) is 0 Å². The van der Waals surface area contributed by atoms with Crippen LogP contribution >= 0.6 is 11.6 Å². The molecule has 2 aromatic heterocycles. The molecule has 1 aromatic carbocycles. The summed E-state index contributed by atoms with van der Waals surface area (Å²) in [4.78, 5) is 10.7. The third kappa shape index (κ3) is 3.57. The first-order chi connectivity index (χ1) is 11.1. The van der Waals surface area contributed by atoms with Crippen molar-refractivity contribution in [3.05, 3.63) is 46.9 Å². The van der Waals surface area contributed by atoms with Crippen molar-refractivity contribution >= 4 is 28.5 Å². The molecule has 0 aliphatic heterocycles. The van der Waals surface area contributed by atoms with Gasteiger partial charge in [-0.3, -0.25) is 4.79 Å². The molecule has 7 nitrogen and oxygen atoms in total. The van der Waals surface area contributed by atoms with Crippen molar-refractivity contribution in [3.8, 4) is 5.75 Å². The molecule has 0 amide bonds. The van der Waals surface area contributed by atoms with Gasteiger partial charge in [0.1, 0.15) is 18.1 Å². The molecule has 8 heteroatoms. The lowest BCUT2D eigenvalue weighted by Crippen LogP contribution is -1.99. The maximum Gasteiger partial charge on any atom is 0.303 e. The Morgan fingerprint density at radius 1 is 1.39 bits per heavy atom. The van der Waals surface area contributed by atoms with Gasteiger partial charge in [0.2, 0.25) is 0 Å². The lowest BCUT2D eigenvalue weighted by molar-refractivity contribution is -0.136. The molecule has 0 unspecified atom stereocenters. The Morgan fingerprint density at radius 3 is 3.00 bits per heavy atom. The van der Waals surface area contributed by atoms with Crippen LogP contribution in [0.3, 0.4) is 0 Å². The zero-order chi connectivity index (χ0) is 16.2. The van der Waals surface area contributed by atoms with Crippen molar-refractivity contribution in [2.45, 2.75) is 19.4 Å². The molecule has 3 rings (SSSR count). The average molecular weight is 334 g/mol. The maximum absolute atomic E-state index is 10.7. The lowest BCUT2D eigenvalue weighted by Gasteiger charge is -2.07. The second-order valence-electron chi connectivity index (χ2n) is 4.81. The van der Waals surface area contributed by atoms with Crippen LogP contribution in [0.1, 0.15) is 17.8 Å². The van der Waals surface area contributed by atoms with E-state index in [1.807, 2.05) is 0 Å². The number of ether oxygens (including phenoxy) is 1. The summed E-state index contributed by atoms with van der Waals surface area (Å²) in [6.45, 7) is 0.221. The molecular weight excluding hydrogens is 322 g/mol. The highest BCUT2D eigenvalue weighted by Gasteiger charge is 2.14. The molecule has 23 heavy (non-hydrogen) atoms. The molecule has 0 aliphatic carbocycles. The summed E-state index contributed by atoms with van der Waals surface area (Å²) in [7, 11) is 0. The van der Waals surface area contributed by atoms with Crippen LogP contribution in [0.25, 0.3) is 11.0 Å². The standard InChI is InChI=1S/C15H12ClN3O4/c16-11-6-10-12(3-4-15(20)21)19-23-13(10)7-14(11)22-8-9-2-1-5-17-18-9/h1-2,5-7H,3-4,8H2,(H,20,21). The van der Waals surface area contributed by atoms with Gasteiger partial charge in [-0.05, 0) is 18.2 Å². The molecule has 0 spiro atoms. The highest BCUT2D eigenvalue weighted by molar-refractivity contribution is 6.32. The van der Waals surface area contributed by atoms with Crippen LogP contribution in [0, 0.1) is 0 Å². The number of carboxylic acid groups (broad SMARTS) is 1. The summed E-state index contributed by atoms with van der Waals surface area (Å²) in [6.07, 6.45) is 1.83. The predicted molar refractivity (Wildman–Crippen MR) is 81.3 cm³/mol. The van der Waals surface area contributed by atoms with Gasteiger partial charge in [0.05, 0.1) is 17.1 Å². The fourth-order valence-corrected chi connectivity index (χ4v) is 2.29. The smallest absolute Gasteiger partial charge is 0.303 e. The zero-order valence-corrected chi connectivity index (χ0v) is 12.7. The van der Waals surface area contributed by atoms with E-state index in [2.05, 4.69) is 15.4 Å². The zero-order valence-electron chi connectivity index (χ0n) is 11.9. The monoisotopic (exact) mass is 333 g/mol. The number of benzene rings is 1. The summed E-state index contributed by atoms with van der Waals surface area (Å²) in [5, 5.41) is 21.4. The van der Waals surface area contributed by atoms with Gasteiger partial charge in [0, 0.05) is 24.1 Å². The number of aromatic nitrogens is 3. The average Bonchev–Trinajstić information content (AvgIpc) is 2.93. The molecule has 2 heterocycles. The fraction of sp³-hybridized carbons (Fsp3) is 0.200. The molecular formula is C15H12ClN3O4. The number of halogens is 1. The quantitative estimate of drug-likeness (QED) is 0.740. The number of aliphatic carboxylic acids is 1. The van der Waals surface area contributed by atoms with E-state index in [0.717, 1.165) is 0 Å². The van der Waals surface area contributed by atoms with Crippen LogP contribution in [0.5, 0.6) is 5.75 Å². The number of hydrogen-bond acceptors (Lipinski definition) is 6. The van der Waals surface area contributed by atoms with Crippen LogP contribution in [-0.2, 0) is 17.8 Å². The first kappa shape index (κ1) is 15.2. The van der Waals surface area contributed by atoms with Crippen LogP contribution in [-0.4, -0.2) is 26.4 Å². The van der Waals surface area contributed by atoms with Gasteiger partial charge in [0.15, 0.2) is 5.58 Å². The number of aryl methyl sites for hydroxylation is 1. The Bertz CT molecular complexity index is 835. The Kier molecular flexibility index (Phi) is 4.38. The topological polar surface area (TPSA) is 98.3 Å². The van der Waals surface area contributed by atoms with Crippen molar-refractivity contribution in [2.75, 3.05) is 0 Å². The van der Waals surface area contributed by atoms with Crippen molar-refractivity contribution in [1.82, 2.24) is 15.4 Å². The van der Waals surface area contributed by atoms with Gasteiger partial charge in [-0.2, -0.15) is 10.2 Å².